The van der Waals surface area contributed by atoms with Crippen molar-refractivity contribution in [2.75, 3.05) is 13.2 Å². The Balaban J connectivity index is 2.10. The summed E-state index contributed by atoms with van der Waals surface area (Å²) >= 11 is 0. The number of hydrogen-bond acceptors (Lipinski definition) is 5. The van der Waals surface area contributed by atoms with Gasteiger partial charge in [-0.25, -0.2) is 9.50 Å². The standard InChI is InChI=1S/C11H15N5O2/c1-8-9(10(18)12-4-2-3-5-17)6-13-11-14-7-15-16(8)11/h6-7,17H,2-5H2,1H3,(H,12,18). The Morgan fingerprint density at radius 1 is 1.44 bits per heavy atom. The first-order valence-electron chi connectivity index (χ1n) is 5.78. The Kier molecular flexibility index (Phi) is 3.83. The zero-order chi connectivity index (χ0) is 13.0. The van der Waals surface area contributed by atoms with Crippen molar-refractivity contribution >= 4 is 11.7 Å². The van der Waals surface area contributed by atoms with Gasteiger partial charge >= 0.3 is 0 Å². The van der Waals surface area contributed by atoms with Crippen molar-refractivity contribution in [3.8, 4) is 0 Å². The maximum Gasteiger partial charge on any atom is 0.254 e. The predicted octanol–water partition coefficient (Wildman–Crippen LogP) is -0.0650. The van der Waals surface area contributed by atoms with Gasteiger partial charge in [0.2, 0.25) is 0 Å². The Hall–Kier alpha value is -2.02. The van der Waals surface area contributed by atoms with Crippen LogP contribution in [0.2, 0.25) is 0 Å². The van der Waals surface area contributed by atoms with E-state index < -0.39 is 0 Å². The SMILES string of the molecule is Cc1c(C(=O)NCCCCO)cnc2ncnn12. The molecule has 0 atom stereocenters. The van der Waals surface area contributed by atoms with Crippen LogP contribution < -0.4 is 5.32 Å². The van der Waals surface area contributed by atoms with Crippen LogP contribution in [0.5, 0.6) is 0 Å². The van der Waals surface area contributed by atoms with Crippen LogP contribution in [-0.4, -0.2) is 43.7 Å². The van der Waals surface area contributed by atoms with Crippen molar-refractivity contribution in [3.05, 3.63) is 23.8 Å². The van der Waals surface area contributed by atoms with E-state index >= 15 is 0 Å². The fourth-order valence-corrected chi connectivity index (χ4v) is 1.65. The molecule has 18 heavy (non-hydrogen) atoms. The largest absolute Gasteiger partial charge is 0.396 e. The first kappa shape index (κ1) is 12.4. The number of carbonyl (C=O) groups excluding carboxylic acids is 1. The summed E-state index contributed by atoms with van der Waals surface area (Å²) in [7, 11) is 0. The lowest BCUT2D eigenvalue weighted by molar-refractivity contribution is 0.0950. The van der Waals surface area contributed by atoms with Crippen molar-refractivity contribution in [2.45, 2.75) is 19.8 Å². The molecule has 7 heteroatoms. The third-order valence-corrected chi connectivity index (χ3v) is 2.66. The minimum absolute atomic E-state index is 0.140. The van der Waals surface area contributed by atoms with E-state index in [0.717, 1.165) is 6.42 Å². The van der Waals surface area contributed by atoms with E-state index in [4.69, 9.17) is 5.11 Å². The average molecular weight is 249 g/mol. The summed E-state index contributed by atoms with van der Waals surface area (Å²) in [6.45, 7) is 2.47. The van der Waals surface area contributed by atoms with Gasteiger partial charge in [-0.2, -0.15) is 10.1 Å². The van der Waals surface area contributed by atoms with Gasteiger partial charge in [-0.1, -0.05) is 0 Å². The van der Waals surface area contributed by atoms with Crippen LogP contribution in [0.3, 0.4) is 0 Å². The molecule has 0 aliphatic carbocycles. The summed E-state index contributed by atoms with van der Waals surface area (Å²) in [5.41, 5.74) is 1.19. The number of aryl methyl sites for hydroxylation is 1. The number of aromatic nitrogens is 4. The van der Waals surface area contributed by atoms with Crippen molar-refractivity contribution in [1.82, 2.24) is 24.9 Å². The predicted molar refractivity (Wildman–Crippen MR) is 64.2 cm³/mol. The van der Waals surface area contributed by atoms with Crippen LogP contribution >= 0.6 is 0 Å². The second kappa shape index (κ2) is 5.54. The lowest BCUT2D eigenvalue weighted by Crippen LogP contribution is -2.26. The zero-order valence-electron chi connectivity index (χ0n) is 10.1. The Labute approximate surface area is 104 Å². The molecule has 0 saturated carbocycles. The minimum atomic E-state index is -0.185. The monoisotopic (exact) mass is 249 g/mol. The molecule has 7 nitrogen and oxygen atoms in total. The highest BCUT2D eigenvalue weighted by molar-refractivity contribution is 5.95. The molecule has 0 spiro atoms. The number of aliphatic hydroxyl groups is 1. The van der Waals surface area contributed by atoms with Gasteiger partial charge in [-0.05, 0) is 19.8 Å². The summed E-state index contributed by atoms with van der Waals surface area (Å²) in [6.07, 6.45) is 4.33. The number of aliphatic hydroxyl groups excluding tert-OH is 1. The smallest absolute Gasteiger partial charge is 0.254 e. The molecule has 2 aromatic heterocycles. The summed E-state index contributed by atoms with van der Waals surface area (Å²) in [5.74, 6) is 0.291. The van der Waals surface area contributed by atoms with E-state index in [1.54, 1.807) is 6.92 Å². The van der Waals surface area contributed by atoms with Gasteiger partial charge in [-0.15, -0.1) is 0 Å². The third-order valence-electron chi connectivity index (χ3n) is 2.66. The lowest BCUT2D eigenvalue weighted by atomic mass is 10.2. The summed E-state index contributed by atoms with van der Waals surface area (Å²) in [4.78, 5) is 19.9. The second-order valence-corrected chi connectivity index (χ2v) is 3.92. The van der Waals surface area contributed by atoms with Gasteiger partial charge in [0.1, 0.15) is 6.33 Å². The van der Waals surface area contributed by atoms with Crippen LogP contribution in [0, 0.1) is 6.92 Å². The van der Waals surface area contributed by atoms with Crippen LogP contribution in [0.15, 0.2) is 12.5 Å². The molecule has 96 valence electrons. The van der Waals surface area contributed by atoms with Crippen molar-refractivity contribution in [3.63, 3.8) is 0 Å². The normalized spacial score (nSPS) is 10.8. The van der Waals surface area contributed by atoms with Gasteiger partial charge in [0.05, 0.1) is 11.3 Å². The summed E-state index contributed by atoms with van der Waals surface area (Å²) < 4.78 is 1.53. The summed E-state index contributed by atoms with van der Waals surface area (Å²) in [5, 5.41) is 15.4. The first-order chi connectivity index (χ1) is 8.74. The molecule has 2 rings (SSSR count). The number of hydrogen-bond donors (Lipinski definition) is 2. The van der Waals surface area contributed by atoms with Crippen molar-refractivity contribution in [1.29, 1.82) is 0 Å². The molecule has 0 aliphatic heterocycles. The van der Waals surface area contributed by atoms with E-state index in [9.17, 15) is 4.79 Å². The number of rotatable bonds is 5. The van der Waals surface area contributed by atoms with Gasteiger partial charge < -0.3 is 10.4 Å². The maximum absolute atomic E-state index is 11.9. The van der Waals surface area contributed by atoms with Gasteiger partial charge in [0, 0.05) is 19.3 Å². The number of fused-ring (bicyclic) bond motifs is 1. The quantitative estimate of drug-likeness (QED) is 0.724. The van der Waals surface area contributed by atoms with E-state index in [-0.39, 0.29) is 12.5 Å². The minimum Gasteiger partial charge on any atom is -0.396 e. The molecular weight excluding hydrogens is 234 g/mol. The van der Waals surface area contributed by atoms with Crippen LogP contribution in [0.25, 0.3) is 5.78 Å². The topological polar surface area (TPSA) is 92.4 Å². The van der Waals surface area contributed by atoms with Crippen LogP contribution in [0.4, 0.5) is 0 Å². The molecule has 2 heterocycles. The molecule has 1 amide bonds. The third kappa shape index (κ3) is 2.45. The fourth-order valence-electron chi connectivity index (χ4n) is 1.65. The molecule has 0 fully saturated rings. The van der Waals surface area contributed by atoms with E-state index in [2.05, 4.69) is 20.4 Å². The van der Waals surface area contributed by atoms with E-state index in [1.165, 1.54) is 17.0 Å². The Morgan fingerprint density at radius 3 is 3.06 bits per heavy atom. The highest BCUT2D eigenvalue weighted by atomic mass is 16.2. The Bertz CT molecular complexity index is 551. The molecule has 0 aromatic carbocycles. The highest BCUT2D eigenvalue weighted by Gasteiger charge is 2.12. The molecule has 0 bridgehead atoms. The first-order valence-corrected chi connectivity index (χ1v) is 5.78. The maximum atomic E-state index is 11.9. The van der Waals surface area contributed by atoms with Crippen LogP contribution in [-0.2, 0) is 0 Å². The van der Waals surface area contributed by atoms with Crippen LogP contribution in [0.1, 0.15) is 28.9 Å². The Morgan fingerprint density at radius 2 is 2.28 bits per heavy atom. The number of carbonyl (C=O) groups is 1. The number of unbranched alkanes of at least 4 members (excludes halogenated alkanes) is 1. The fraction of sp³-hybridized carbons (Fsp3) is 0.455. The van der Waals surface area contributed by atoms with Gasteiger partial charge in [-0.3, -0.25) is 4.79 Å². The molecule has 0 aliphatic rings. The molecule has 2 N–H and O–H groups in total. The van der Waals surface area contributed by atoms with Crippen molar-refractivity contribution in [2.24, 2.45) is 0 Å². The molecule has 0 radical (unpaired) electrons. The average Bonchev–Trinajstić information content (AvgIpc) is 2.84. The molecule has 0 saturated heterocycles. The highest BCUT2D eigenvalue weighted by Crippen LogP contribution is 2.07. The second-order valence-electron chi connectivity index (χ2n) is 3.92. The number of nitrogens with one attached hydrogen (secondary N) is 1. The molecule has 2 aromatic rings. The lowest BCUT2D eigenvalue weighted by Gasteiger charge is -2.07. The number of amides is 1. The van der Waals surface area contributed by atoms with E-state index in [0.29, 0.717) is 30.0 Å². The molecular formula is C11H15N5O2. The number of nitrogens with zero attached hydrogens (tertiary/aromatic N) is 4. The molecule has 0 unspecified atom stereocenters. The van der Waals surface area contributed by atoms with E-state index in [1.807, 2.05) is 0 Å². The van der Waals surface area contributed by atoms with Gasteiger partial charge in [0.15, 0.2) is 0 Å². The van der Waals surface area contributed by atoms with Crippen molar-refractivity contribution < 1.29 is 9.90 Å². The van der Waals surface area contributed by atoms with Gasteiger partial charge in [0.25, 0.3) is 11.7 Å². The summed E-state index contributed by atoms with van der Waals surface area (Å²) in [6, 6.07) is 0. The zero-order valence-corrected chi connectivity index (χ0v) is 10.1.